The largest absolute Gasteiger partial charge is 0.353 e. The van der Waals surface area contributed by atoms with Crippen LogP contribution in [-0.2, 0) is 13.5 Å². The predicted octanol–water partition coefficient (Wildman–Crippen LogP) is 2.50. The minimum Gasteiger partial charge on any atom is -0.353 e. The third-order valence-corrected chi connectivity index (χ3v) is 5.10. The number of nitrogens with zero attached hydrogens (tertiary/aromatic N) is 6. The Hall–Kier alpha value is -2.61. The second-order valence-corrected chi connectivity index (χ2v) is 6.82. The van der Waals surface area contributed by atoms with Gasteiger partial charge >= 0.3 is 0 Å². The summed E-state index contributed by atoms with van der Waals surface area (Å²) in [4.78, 5) is 11.4. The molecule has 1 aliphatic heterocycles. The van der Waals surface area contributed by atoms with Crippen molar-refractivity contribution < 1.29 is 0 Å². The van der Waals surface area contributed by atoms with Crippen molar-refractivity contribution in [3.05, 3.63) is 48.5 Å². The molecule has 0 aliphatic carbocycles. The summed E-state index contributed by atoms with van der Waals surface area (Å²) in [5, 5.41) is 12.1. The van der Waals surface area contributed by atoms with Crippen molar-refractivity contribution in [3.8, 4) is 0 Å². The van der Waals surface area contributed by atoms with Crippen LogP contribution < -0.4 is 10.2 Å². The topological polar surface area (TPSA) is 71.8 Å². The molecule has 0 fully saturated rings. The number of aromatic nitrogens is 5. The zero-order valence-corrected chi connectivity index (χ0v) is 14.8. The summed E-state index contributed by atoms with van der Waals surface area (Å²) in [7, 11) is 1.94. The van der Waals surface area contributed by atoms with Gasteiger partial charge in [0.05, 0.1) is 17.6 Å². The zero-order valence-electron chi connectivity index (χ0n) is 14.0. The molecule has 0 radical (unpaired) electrons. The third-order valence-electron chi connectivity index (χ3n) is 4.06. The number of hydrogen-bond acceptors (Lipinski definition) is 7. The lowest BCUT2D eigenvalue weighted by Gasteiger charge is -2.18. The Morgan fingerprint density at radius 2 is 2.12 bits per heavy atom. The maximum Gasteiger partial charge on any atom is 0.223 e. The second-order valence-electron chi connectivity index (χ2n) is 5.76. The van der Waals surface area contributed by atoms with Gasteiger partial charge in [-0.25, -0.2) is 9.97 Å². The first kappa shape index (κ1) is 15.9. The molecule has 0 amide bonds. The van der Waals surface area contributed by atoms with Gasteiger partial charge in [-0.2, -0.15) is 0 Å². The SMILES string of the molecule is Cn1cnnc1SCCNc1ncc2c(n1)CCN2c1ccccc1. The van der Waals surface area contributed by atoms with E-state index in [2.05, 4.69) is 54.6 Å². The van der Waals surface area contributed by atoms with E-state index in [0.29, 0.717) is 5.95 Å². The van der Waals surface area contributed by atoms with Crippen LogP contribution in [0, 0.1) is 0 Å². The van der Waals surface area contributed by atoms with Crippen molar-refractivity contribution in [2.45, 2.75) is 11.6 Å². The molecule has 0 spiro atoms. The van der Waals surface area contributed by atoms with E-state index in [1.807, 2.05) is 23.9 Å². The molecule has 128 valence electrons. The molecule has 1 aliphatic rings. The molecule has 0 saturated heterocycles. The van der Waals surface area contributed by atoms with Gasteiger partial charge in [0.2, 0.25) is 5.95 Å². The summed E-state index contributed by atoms with van der Waals surface area (Å²) in [6.45, 7) is 1.72. The number of para-hydroxylation sites is 1. The average Bonchev–Trinajstić information content (AvgIpc) is 3.25. The van der Waals surface area contributed by atoms with Gasteiger partial charge in [0.1, 0.15) is 6.33 Å². The molecule has 0 unspecified atom stereocenters. The highest BCUT2D eigenvalue weighted by atomic mass is 32.2. The number of benzene rings is 1. The highest BCUT2D eigenvalue weighted by Gasteiger charge is 2.22. The number of hydrogen-bond donors (Lipinski definition) is 1. The number of nitrogens with one attached hydrogen (secondary N) is 1. The maximum atomic E-state index is 4.67. The predicted molar refractivity (Wildman–Crippen MR) is 99.4 cm³/mol. The molecular formula is C17H19N7S. The van der Waals surface area contributed by atoms with Gasteiger partial charge in [-0.1, -0.05) is 30.0 Å². The van der Waals surface area contributed by atoms with E-state index in [4.69, 9.17) is 0 Å². The summed E-state index contributed by atoms with van der Waals surface area (Å²) in [5.74, 6) is 1.57. The van der Waals surface area contributed by atoms with Crippen molar-refractivity contribution in [1.82, 2.24) is 24.7 Å². The Bertz CT molecular complexity index is 849. The van der Waals surface area contributed by atoms with E-state index in [0.717, 1.165) is 41.8 Å². The lowest BCUT2D eigenvalue weighted by atomic mass is 10.3. The van der Waals surface area contributed by atoms with Crippen molar-refractivity contribution in [2.24, 2.45) is 7.05 Å². The van der Waals surface area contributed by atoms with Crippen LogP contribution in [0.1, 0.15) is 5.69 Å². The Kier molecular flexibility index (Phi) is 4.51. The van der Waals surface area contributed by atoms with Crippen LogP contribution >= 0.6 is 11.8 Å². The maximum absolute atomic E-state index is 4.67. The Morgan fingerprint density at radius 1 is 1.24 bits per heavy atom. The molecule has 4 rings (SSSR count). The number of thioether (sulfide) groups is 1. The molecule has 0 saturated carbocycles. The van der Waals surface area contributed by atoms with Gasteiger partial charge in [0.25, 0.3) is 0 Å². The van der Waals surface area contributed by atoms with Crippen LogP contribution in [0.15, 0.2) is 48.0 Å². The Balaban J connectivity index is 1.36. The molecule has 1 N–H and O–H groups in total. The number of rotatable bonds is 6. The molecule has 0 bridgehead atoms. The summed E-state index contributed by atoms with van der Waals surface area (Å²) in [5.41, 5.74) is 3.39. The normalized spacial score (nSPS) is 13.1. The lowest BCUT2D eigenvalue weighted by molar-refractivity contribution is 0.788. The van der Waals surface area contributed by atoms with Gasteiger partial charge in [0, 0.05) is 38.0 Å². The first-order valence-corrected chi connectivity index (χ1v) is 9.19. The summed E-state index contributed by atoms with van der Waals surface area (Å²) >= 11 is 1.66. The average molecular weight is 353 g/mol. The highest BCUT2D eigenvalue weighted by molar-refractivity contribution is 7.99. The van der Waals surface area contributed by atoms with E-state index >= 15 is 0 Å². The van der Waals surface area contributed by atoms with E-state index in [9.17, 15) is 0 Å². The molecule has 1 aromatic carbocycles. The van der Waals surface area contributed by atoms with Gasteiger partial charge in [0.15, 0.2) is 5.16 Å². The number of anilines is 3. The minimum atomic E-state index is 0.687. The molecule has 2 aromatic heterocycles. The van der Waals surface area contributed by atoms with Crippen molar-refractivity contribution in [3.63, 3.8) is 0 Å². The van der Waals surface area contributed by atoms with E-state index in [1.165, 1.54) is 5.69 Å². The fourth-order valence-corrected chi connectivity index (χ4v) is 3.57. The summed E-state index contributed by atoms with van der Waals surface area (Å²) in [6.07, 6.45) is 4.56. The fraction of sp³-hybridized carbons (Fsp3) is 0.294. The van der Waals surface area contributed by atoms with Crippen LogP contribution in [0.2, 0.25) is 0 Å². The van der Waals surface area contributed by atoms with Gasteiger partial charge in [-0.15, -0.1) is 10.2 Å². The van der Waals surface area contributed by atoms with Crippen LogP contribution in [0.25, 0.3) is 0 Å². The third kappa shape index (κ3) is 3.43. The van der Waals surface area contributed by atoms with Crippen LogP contribution in [0.5, 0.6) is 0 Å². The van der Waals surface area contributed by atoms with E-state index < -0.39 is 0 Å². The van der Waals surface area contributed by atoms with Crippen LogP contribution in [-0.4, -0.2) is 43.6 Å². The fourth-order valence-electron chi connectivity index (χ4n) is 2.83. The monoisotopic (exact) mass is 353 g/mol. The smallest absolute Gasteiger partial charge is 0.223 e. The molecule has 25 heavy (non-hydrogen) atoms. The Labute approximate surface area is 150 Å². The standard InChI is InChI=1S/C17H19N7S/c1-23-12-20-22-17(23)25-10-8-18-16-19-11-15-14(21-16)7-9-24(15)13-5-3-2-4-6-13/h2-6,11-12H,7-10H2,1H3,(H,18,19,21). The first-order valence-electron chi connectivity index (χ1n) is 8.20. The van der Waals surface area contributed by atoms with Gasteiger partial charge in [-0.05, 0) is 12.1 Å². The molecule has 0 atom stereocenters. The van der Waals surface area contributed by atoms with Crippen LogP contribution in [0.3, 0.4) is 0 Å². The van der Waals surface area contributed by atoms with E-state index in [-0.39, 0.29) is 0 Å². The minimum absolute atomic E-state index is 0.687. The molecule has 8 heteroatoms. The molecule has 3 aromatic rings. The zero-order chi connectivity index (χ0) is 17.1. The van der Waals surface area contributed by atoms with Crippen molar-refractivity contribution in [1.29, 1.82) is 0 Å². The number of fused-ring (bicyclic) bond motifs is 1. The van der Waals surface area contributed by atoms with Crippen molar-refractivity contribution >= 4 is 29.1 Å². The van der Waals surface area contributed by atoms with Gasteiger partial charge < -0.3 is 14.8 Å². The lowest BCUT2D eigenvalue weighted by Crippen LogP contribution is -2.13. The molecule has 7 nitrogen and oxygen atoms in total. The Morgan fingerprint density at radius 3 is 2.92 bits per heavy atom. The quantitative estimate of drug-likeness (QED) is 0.539. The first-order chi connectivity index (χ1) is 12.3. The molecule has 3 heterocycles. The summed E-state index contributed by atoms with van der Waals surface area (Å²) < 4.78 is 1.91. The highest BCUT2D eigenvalue weighted by Crippen LogP contribution is 2.33. The van der Waals surface area contributed by atoms with Crippen LogP contribution in [0.4, 0.5) is 17.3 Å². The van der Waals surface area contributed by atoms with Gasteiger partial charge in [-0.3, -0.25) is 0 Å². The second kappa shape index (κ2) is 7.10. The summed E-state index contributed by atoms with van der Waals surface area (Å²) in [6, 6.07) is 10.4. The van der Waals surface area contributed by atoms with Crippen molar-refractivity contribution in [2.75, 3.05) is 29.1 Å². The number of aryl methyl sites for hydroxylation is 1. The van der Waals surface area contributed by atoms with E-state index in [1.54, 1.807) is 18.1 Å². The molecular weight excluding hydrogens is 334 g/mol.